The molecule has 0 saturated carbocycles. The first-order chi connectivity index (χ1) is 11.1. The topological polar surface area (TPSA) is 47.4 Å². The van der Waals surface area contributed by atoms with Crippen LogP contribution in [-0.2, 0) is 12.4 Å². The number of methoxy groups -OCH3 is 1. The standard InChI is InChI=1S/C14H9F6N3O/c1-24-12-22-10(13(15,16)17)9(11(23-12)14(18,19)20)7-21-8-5-3-2-4-6-8/h2-7H,1H3. The van der Waals surface area contributed by atoms with Gasteiger partial charge in [0.05, 0.1) is 18.4 Å². The van der Waals surface area contributed by atoms with Crippen LogP contribution in [0.3, 0.4) is 0 Å². The van der Waals surface area contributed by atoms with Crippen LogP contribution in [0.5, 0.6) is 6.01 Å². The van der Waals surface area contributed by atoms with Gasteiger partial charge in [-0.25, -0.2) is 0 Å². The molecular formula is C14H9F6N3O. The van der Waals surface area contributed by atoms with Gasteiger partial charge in [-0.05, 0) is 12.1 Å². The highest BCUT2D eigenvalue weighted by Gasteiger charge is 2.44. The lowest BCUT2D eigenvalue weighted by Gasteiger charge is -2.15. The molecule has 2 aromatic rings. The zero-order valence-electron chi connectivity index (χ0n) is 12.0. The summed E-state index contributed by atoms with van der Waals surface area (Å²) >= 11 is 0. The molecule has 128 valence electrons. The first kappa shape index (κ1) is 17.7. The molecule has 0 radical (unpaired) electrons. The number of aromatic nitrogens is 2. The van der Waals surface area contributed by atoms with Gasteiger partial charge in [0, 0.05) is 6.21 Å². The van der Waals surface area contributed by atoms with Gasteiger partial charge in [-0.3, -0.25) is 4.99 Å². The largest absolute Gasteiger partial charge is 0.467 e. The molecule has 0 fully saturated rings. The lowest BCUT2D eigenvalue weighted by atomic mass is 10.1. The van der Waals surface area contributed by atoms with E-state index < -0.39 is 35.3 Å². The molecule has 0 aliphatic carbocycles. The number of ether oxygens (including phenoxy) is 1. The maximum absolute atomic E-state index is 13.1. The minimum Gasteiger partial charge on any atom is -0.467 e. The Morgan fingerprint density at radius 3 is 1.83 bits per heavy atom. The van der Waals surface area contributed by atoms with E-state index in [0.29, 0.717) is 6.21 Å². The first-order valence-corrected chi connectivity index (χ1v) is 6.32. The van der Waals surface area contributed by atoms with Gasteiger partial charge in [-0.2, -0.15) is 36.3 Å². The number of halogens is 6. The highest BCUT2D eigenvalue weighted by atomic mass is 19.4. The molecule has 24 heavy (non-hydrogen) atoms. The zero-order valence-corrected chi connectivity index (χ0v) is 12.0. The molecule has 1 aromatic carbocycles. The Bertz CT molecular complexity index is 705. The summed E-state index contributed by atoms with van der Waals surface area (Å²) in [5.74, 6) is 0. The van der Waals surface area contributed by atoms with Crippen molar-refractivity contribution in [2.24, 2.45) is 4.99 Å². The van der Waals surface area contributed by atoms with Crippen LogP contribution in [-0.4, -0.2) is 23.3 Å². The van der Waals surface area contributed by atoms with Crippen molar-refractivity contribution in [3.63, 3.8) is 0 Å². The van der Waals surface area contributed by atoms with E-state index in [2.05, 4.69) is 19.7 Å². The Morgan fingerprint density at radius 1 is 0.917 bits per heavy atom. The molecule has 0 aliphatic rings. The number of benzene rings is 1. The summed E-state index contributed by atoms with van der Waals surface area (Å²) in [6.45, 7) is 0. The van der Waals surface area contributed by atoms with E-state index in [1.807, 2.05) is 0 Å². The third-order valence-corrected chi connectivity index (χ3v) is 2.74. The number of nitrogens with zero attached hydrogens (tertiary/aromatic N) is 3. The Morgan fingerprint density at radius 2 is 1.42 bits per heavy atom. The minimum atomic E-state index is -5.14. The number of rotatable bonds is 3. The van der Waals surface area contributed by atoms with E-state index in [0.717, 1.165) is 7.11 Å². The van der Waals surface area contributed by atoms with Gasteiger partial charge >= 0.3 is 18.4 Å². The number of alkyl halides is 6. The second-order valence-corrected chi connectivity index (χ2v) is 4.41. The van der Waals surface area contributed by atoms with Crippen molar-refractivity contribution in [3.05, 3.63) is 47.3 Å². The van der Waals surface area contributed by atoms with Crippen LogP contribution in [0.4, 0.5) is 32.0 Å². The van der Waals surface area contributed by atoms with Crippen molar-refractivity contribution in [2.75, 3.05) is 7.11 Å². The Kier molecular flexibility index (Phi) is 4.76. The smallest absolute Gasteiger partial charge is 0.434 e. The van der Waals surface area contributed by atoms with E-state index in [4.69, 9.17) is 0 Å². The van der Waals surface area contributed by atoms with Crippen molar-refractivity contribution in [1.29, 1.82) is 0 Å². The van der Waals surface area contributed by atoms with Crippen LogP contribution in [0.25, 0.3) is 0 Å². The third kappa shape index (κ3) is 4.00. The monoisotopic (exact) mass is 349 g/mol. The lowest BCUT2D eigenvalue weighted by Crippen LogP contribution is -2.21. The molecule has 0 amide bonds. The summed E-state index contributed by atoms with van der Waals surface area (Å²) in [7, 11) is 0.868. The van der Waals surface area contributed by atoms with Crippen LogP contribution in [0, 0.1) is 0 Å². The average molecular weight is 349 g/mol. The second kappa shape index (κ2) is 6.46. The predicted octanol–water partition coefficient (Wildman–Crippen LogP) is 4.27. The van der Waals surface area contributed by atoms with Crippen molar-refractivity contribution >= 4 is 11.9 Å². The SMILES string of the molecule is COc1nc(C(F)(F)F)c(C=Nc2ccccc2)c(C(F)(F)F)n1. The van der Waals surface area contributed by atoms with Crippen LogP contribution in [0.15, 0.2) is 35.3 Å². The van der Waals surface area contributed by atoms with Crippen molar-refractivity contribution in [2.45, 2.75) is 12.4 Å². The molecule has 0 atom stereocenters. The van der Waals surface area contributed by atoms with Gasteiger partial charge in [0.25, 0.3) is 0 Å². The van der Waals surface area contributed by atoms with Crippen molar-refractivity contribution < 1.29 is 31.1 Å². The zero-order chi connectivity index (χ0) is 18.0. The fourth-order valence-electron chi connectivity index (χ4n) is 1.75. The number of hydrogen-bond donors (Lipinski definition) is 0. The maximum atomic E-state index is 13.1. The van der Waals surface area contributed by atoms with Crippen molar-refractivity contribution in [3.8, 4) is 6.01 Å². The van der Waals surface area contributed by atoms with Gasteiger partial charge < -0.3 is 4.74 Å². The number of para-hydroxylation sites is 1. The van der Waals surface area contributed by atoms with Crippen LogP contribution >= 0.6 is 0 Å². The summed E-state index contributed by atoms with van der Waals surface area (Å²) in [5, 5.41) is 0. The molecule has 10 heteroatoms. The first-order valence-electron chi connectivity index (χ1n) is 6.32. The van der Waals surface area contributed by atoms with Gasteiger partial charge in [0.15, 0.2) is 11.4 Å². The molecule has 0 unspecified atom stereocenters. The molecule has 0 spiro atoms. The fourth-order valence-corrected chi connectivity index (χ4v) is 1.75. The molecule has 0 bridgehead atoms. The molecule has 1 aromatic heterocycles. The summed E-state index contributed by atoms with van der Waals surface area (Å²) in [5.41, 5.74) is -4.66. The second-order valence-electron chi connectivity index (χ2n) is 4.41. The van der Waals surface area contributed by atoms with Gasteiger partial charge in [-0.1, -0.05) is 18.2 Å². The van der Waals surface area contributed by atoms with Gasteiger partial charge in [0.2, 0.25) is 0 Å². The van der Waals surface area contributed by atoms with Crippen molar-refractivity contribution in [1.82, 2.24) is 9.97 Å². The maximum Gasteiger partial charge on any atom is 0.434 e. The summed E-state index contributed by atoms with van der Waals surface area (Å²) < 4.78 is 82.8. The van der Waals surface area contributed by atoms with E-state index in [9.17, 15) is 26.3 Å². The average Bonchev–Trinajstić information content (AvgIpc) is 2.51. The molecular weight excluding hydrogens is 340 g/mol. The van der Waals surface area contributed by atoms with E-state index in [1.165, 1.54) is 24.3 Å². The minimum absolute atomic E-state index is 0.176. The van der Waals surface area contributed by atoms with E-state index in [-0.39, 0.29) is 5.69 Å². The highest BCUT2D eigenvalue weighted by Crippen LogP contribution is 2.37. The Balaban J connectivity index is 2.68. The summed E-state index contributed by atoms with van der Waals surface area (Å²) in [4.78, 5) is 9.63. The van der Waals surface area contributed by atoms with E-state index in [1.54, 1.807) is 6.07 Å². The molecule has 0 N–H and O–H groups in total. The molecule has 1 heterocycles. The Hall–Kier alpha value is -2.65. The van der Waals surface area contributed by atoms with Crippen LogP contribution < -0.4 is 4.74 Å². The molecule has 0 saturated heterocycles. The summed E-state index contributed by atoms with van der Waals surface area (Å²) in [6.07, 6.45) is -9.84. The van der Waals surface area contributed by atoms with E-state index >= 15 is 0 Å². The fraction of sp³-hybridized carbons (Fsp3) is 0.214. The summed E-state index contributed by atoms with van der Waals surface area (Å²) in [6, 6.07) is 6.49. The van der Waals surface area contributed by atoms with Crippen LogP contribution in [0.2, 0.25) is 0 Å². The lowest BCUT2D eigenvalue weighted by molar-refractivity contribution is -0.148. The normalized spacial score (nSPS) is 12.6. The van der Waals surface area contributed by atoms with Crippen LogP contribution in [0.1, 0.15) is 17.0 Å². The van der Waals surface area contributed by atoms with Gasteiger partial charge in [-0.15, -0.1) is 0 Å². The molecule has 0 aliphatic heterocycles. The quantitative estimate of drug-likeness (QED) is 0.614. The third-order valence-electron chi connectivity index (χ3n) is 2.74. The number of hydrogen-bond acceptors (Lipinski definition) is 4. The molecule has 2 rings (SSSR count). The predicted molar refractivity (Wildman–Crippen MR) is 72.3 cm³/mol. The number of aliphatic imine (C=N–C) groups is 1. The van der Waals surface area contributed by atoms with Gasteiger partial charge in [0.1, 0.15) is 0 Å². The Labute approximate surface area is 131 Å². The highest BCUT2D eigenvalue weighted by molar-refractivity contribution is 5.85. The molecule has 4 nitrogen and oxygen atoms in total.